The summed E-state index contributed by atoms with van der Waals surface area (Å²) < 4.78 is 16.1. The van der Waals surface area contributed by atoms with Crippen LogP contribution >= 0.6 is 0 Å². The summed E-state index contributed by atoms with van der Waals surface area (Å²) >= 11 is 0. The minimum absolute atomic E-state index is 0.163. The lowest BCUT2D eigenvalue weighted by atomic mass is 10.2. The molecule has 0 amide bonds. The SMILES string of the molecule is NC(=NO)c1nccnc1OCc1ccc2c(c1)OCO2. The molecule has 0 spiro atoms. The Balaban J connectivity index is 1.76. The standard InChI is InChI=1S/C13H12N4O4/c14-12(17-18)11-13(16-4-3-15-11)19-6-8-1-2-9-10(5-8)21-7-20-9/h1-5,18H,6-7H2,(H2,14,17). The summed E-state index contributed by atoms with van der Waals surface area (Å²) in [5, 5.41) is 11.6. The van der Waals surface area contributed by atoms with E-state index >= 15 is 0 Å². The summed E-state index contributed by atoms with van der Waals surface area (Å²) in [7, 11) is 0. The van der Waals surface area contributed by atoms with Crippen LogP contribution in [0, 0.1) is 0 Å². The lowest BCUT2D eigenvalue weighted by Crippen LogP contribution is -2.17. The van der Waals surface area contributed by atoms with E-state index in [0.717, 1.165) is 5.56 Å². The highest BCUT2D eigenvalue weighted by Gasteiger charge is 2.15. The van der Waals surface area contributed by atoms with Crippen molar-refractivity contribution in [2.45, 2.75) is 6.61 Å². The molecule has 0 saturated heterocycles. The van der Waals surface area contributed by atoms with E-state index in [1.165, 1.54) is 12.4 Å². The summed E-state index contributed by atoms with van der Waals surface area (Å²) in [5.74, 6) is 1.40. The van der Waals surface area contributed by atoms with E-state index < -0.39 is 0 Å². The summed E-state index contributed by atoms with van der Waals surface area (Å²) in [4.78, 5) is 7.99. The van der Waals surface area contributed by atoms with E-state index in [0.29, 0.717) is 11.5 Å². The van der Waals surface area contributed by atoms with Crippen molar-refractivity contribution >= 4 is 5.84 Å². The van der Waals surface area contributed by atoms with Gasteiger partial charge in [-0.15, -0.1) is 0 Å². The van der Waals surface area contributed by atoms with E-state index in [9.17, 15) is 0 Å². The number of nitrogens with two attached hydrogens (primary N) is 1. The molecule has 0 atom stereocenters. The number of aromatic nitrogens is 2. The molecule has 0 saturated carbocycles. The van der Waals surface area contributed by atoms with Gasteiger partial charge in [0.15, 0.2) is 23.0 Å². The van der Waals surface area contributed by atoms with E-state index in [2.05, 4.69) is 15.1 Å². The number of rotatable bonds is 4. The molecule has 8 nitrogen and oxygen atoms in total. The average Bonchev–Trinajstić information content (AvgIpc) is 3.00. The quantitative estimate of drug-likeness (QED) is 0.371. The first kappa shape index (κ1) is 13.0. The Morgan fingerprint density at radius 2 is 2.10 bits per heavy atom. The van der Waals surface area contributed by atoms with Gasteiger partial charge in [0.25, 0.3) is 0 Å². The van der Waals surface area contributed by atoms with Crippen LogP contribution in [0.4, 0.5) is 0 Å². The molecule has 0 radical (unpaired) electrons. The van der Waals surface area contributed by atoms with E-state index in [1.807, 2.05) is 18.2 Å². The number of hydrogen-bond donors (Lipinski definition) is 2. The van der Waals surface area contributed by atoms with E-state index in [1.54, 1.807) is 0 Å². The van der Waals surface area contributed by atoms with Crippen LogP contribution in [0.3, 0.4) is 0 Å². The molecule has 1 aliphatic heterocycles. The topological polar surface area (TPSA) is 112 Å². The van der Waals surface area contributed by atoms with Crippen molar-refractivity contribution in [3.8, 4) is 17.4 Å². The molecule has 3 N–H and O–H groups in total. The number of oxime groups is 1. The van der Waals surface area contributed by atoms with E-state index in [4.69, 9.17) is 25.2 Å². The van der Waals surface area contributed by atoms with Gasteiger partial charge in [0, 0.05) is 12.4 Å². The molecule has 21 heavy (non-hydrogen) atoms. The van der Waals surface area contributed by atoms with Crippen molar-refractivity contribution in [2.75, 3.05) is 6.79 Å². The Hall–Kier alpha value is -3.03. The summed E-state index contributed by atoms with van der Waals surface area (Å²) in [6, 6.07) is 5.48. The molecule has 1 aromatic carbocycles. The van der Waals surface area contributed by atoms with Gasteiger partial charge >= 0.3 is 0 Å². The summed E-state index contributed by atoms with van der Waals surface area (Å²) in [5.41, 5.74) is 6.57. The highest BCUT2D eigenvalue weighted by atomic mass is 16.7. The van der Waals surface area contributed by atoms with Crippen molar-refractivity contribution in [3.05, 3.63) is 41.9 Å². The minimum atomic E-state index is -0.163. The van der Waals surface area contributed by atoms with Gasteiger partial charge in [0.2, 0.25) is 12.7 Å². The molecule has 108 valence electrons. The highest BCUT2D eigenvalue weighted by molar-refractivity contribution is 5.97. The fraction of sp³-hybridized carbons (Fsp3) is 0.154. The maximum atomic E-state index is 8.71. The third-order valence-electron chi connectivity index (χ3n) is 2.83. The molecule has 2 heterocycles. The summed E-state index contributed by atoms with van der Waals surface area (Å²) in [6.07, 6.45) is 2.89. The van der Waals surface area contributed by atoms with Crippen molar-refractivity contribution in [3.63, 3.8) is 0 Å². The van der Waals surface area contributed by atoms with Crippen LogP contribution in [-0.2, 0) is 6.61 Å². The van der Waals surface area contributed by atoms with Crippen LogP contribution in [0.5, 0.6) is 17.4 Å². The molecule has 0 aliphatic carbocycles. The predicted octanol–water partition coefficient (Wildman–Crippen LogP) is 0.879. The van der Waals surface area contributed by atoms with Crippen LogP contribution in [0.15, 0.2) is 35.7 Å². The Labute approximate surface area is 119 Å². The molecule has 0 unspecified atom stereocenters. The fourth-order valence-corrected chi connectivity index (χ4v) is 1.84. The summed E-state index contributed by atoms with van der Waals surface area (Å²) in [6.45, 7) is 0.457. The maximum absolute atomic E-state index is 8.71. The lowest BCUT2D eigenvalue weighted by Gasteiger charge is -2.08. The zero-order valence-corrected chi connectivity index (χ0v) is 10.9. The third-order valence-corrected chi connectivity index (χ3v) is 2.83. The molecule has 0 bridgehead atoms. The zero-order chi connectivity index (χ0) is 14.7. The molecular weight excluding hydrogens is 276 g/mol. The van der Waals surface area contributed by atoms with Crippen LogP contribution < -0.4 is 19.9 Å². The van der Waals surface area contributed by atoms with Gasteiger partial charge in [0.05, 0.1) is 0 Å². The predicted molar refractivity (Wildman–Crippen MR) is 71.4 cm³/mol. The number of ether oxygens (including phenoxy) is 3. The van der Waals surface area contributed by atoms with Crippen LogP contribution in [0.2, 0.25) is 0 Å². The Bertz CT molecular complexity index is 690. The third kappa shape index (κ3) is 2.64. The Morgan fingerprint density at radius 3 is 2.95 bits per heavy atom. The van der Waals surface area contributed by atoms with Crippen molar-refractivity contribution in [2.24, 2.45) is 10.9 Å². The average molecular weight is 288 g/mol. The zero-order valence-electron chi connectivity index (χ0n) is 10.9. The first-order valence-electron chi connectivity index (χ1n) is 6.08. The van der Waals surface area contributed by atoms with Crippen LogP contribution in [0.1, 0.15) is 11.3 Å². The second-order valence-corrected chi connectivity index (χ2v) is 4.17. The molecular formula is C13H12N4O4. The van der Waals surface area contributed by atoms with Crippen molar-refractivity contribution in [1.29, 1.82) is 0 Å². The second kappa shape index (κ2) is 5.53. The molecule has 3 rings (SSSR count). The first-order valence-corrected chi connectivity index (χ1v) is 6.08. The number of fused-ring (bicyclic) bond motifs is 1. The molecule has 1 aromatic heterocycles. The molecule has 2 aromatic rings. The van der Waals surface area contributed by atoms with Crippen molar-refractivity contribution in [1.82, 2.24) is 9.97 Å². The minimum Gasteiger partial charge on any atom is -0.471 e. The Morgan fingerprint density at radius 1 is 1.29 bits per heavy atom. The number of nitrogens with zero attached hydrogens (tertiary/aromatic N) is 3. The fourth-order valence-electron chi connectivity index (χ4n) is 1.84. The normalized spacial score (nSPS) is 13.2. The van der Waals surface area contributed by atoms with Gasteiger partial charge in [-0.05, 0) is 17.7 Å². The van der Waals surface area contributed by atoms with Gasteiger partial charge in [-0.2, -0.15) is 0 Å². The highest BCUT2D eigenvalue weighted by Crippen LogP contribution is 2.32. The molecule has 0 fully saturated rings. The number of hydrogen-bond acceptors (Lipinski definition) is 7. The van der Waals surface area contributed by atoms with Gasteiger partial charge in [-0.1, -0.05) is 11.2 Å². The monoisotopic (exact) mass is 288 g/mol. The van der Waals surface area contributed by atoms with Crippen molar-refractivity contribution < 1.29 is 19.4 Å². The molecule has 1 aliphatic rings. The smallest absolute Gasteiger partial charge is 0.244 e. The maximum Gasteiger partial charge on any atom is 0.244 e. The van der Waals surface area contributed by atoms with Crippen LogP contribution in [-0.4, -0.2) is 27.8 Å². The first-order chi connectivity index (χ1) is 10.3. The van der Waals surface area contributed by atoms with E-state index in [-0.39, 0.29) is 30.8 Å². The number of benzene rings is 1. The number of amidine groups is 1. The van der Waals surface area contributed by atoms with Gasteiger partial charge < -0.3 is 25.2 Å². The molecule has 8 heteroatoms. The van der Waals surface area contributed by atoms with Gasteiger partial charge in [-0.3, -0.25) is 0 Å². The van der Waals surface area contributed by atoms with Gasteiger partial charge in [0.1, 0.15) is 6.61 Å². The largest absolute Gasteiger partial charge is 0.471 e. The Kier molecular flexibility index (Phi) is 3.42. The van der Waals surface area contributed by atoms with Crippen LogP contribution in [0.25, 0.3) is 0 Å². The second-order valence-electron chi connectivity index (χ2n) is 4.17. The lowest BCUT2D eigenvalue weighted by molar-refractivity contribution is 0.174. The van der Waals surface area contributed by atoms with Gasteiger partial charge in [-0.25, -0.2) is 9.97 Å².